The van der Waals surface area contributed by atoms with E-state index in [9.17, 15) is 0 Å². The largest absolute Gasteiger partial charge is 0.292 e. The second kappa shape index (κ2) is 3.47. The summed E-state index contributed by atoms with van der Waals surface area (Å²) >= 11 is 0. The molecule has 1 aliphatic heterocycles. The number of hydrogen-bond donors (Lipinski definition) is 0. The first-order valence-electron chi connectivity index (χ1n) is 4.36. The van der Waals surface area contributed by atoms with E-state index < -0.39 is 0 Å². The van der Waals surface area contributed by atoms with Gasteiger partial charge < -0.3 is 0 Å². The molecule has 3 heteroatoms. The molecular weight excluding hydrogens is 162 g/mol. The highest BCUT2D eigenvalue weighted by Crippen LogP contribution is 2.12. The van der Waals surface area contributed by atoms with Gasteiger partial charge in [-0.3, -0.25) is 4.99 Å². The summed E-state index contributed by atoms with van der Waals surface area (Å²) in [6.45, 7) is 2.79. The van der Waals surface area contributed by atoms with Crippen molar-refractivity contribution >= 4 is 11.8 Å². The van der Waals surface area contributed by atoms with Crippen molar-refractivity contribution in [3.63, 3.8) is 0 Å². The van der Waals surface area contributed by atoms with Crippen LogP contribution in [0.1, 0.15) is 17.9 Å². The molecule has 1 aliphatic rings. The molecular formula is C10H11N3. The normalized spacial score (nSPS) is 15.6. The monoisotopic (exact) mass is 173 g/mol. The molecule has 3 nitrogen and oxygen atoms in total. The SMILES string of the molecule is Cc1nccc(C2=CCCN=C2)n1. The van der Waals surface area contributed by atoms with Gasteiger partial charge in [-0.15, -0.1) is 0 Å². The summed E-state index contributed by atoms with van der Waals surface area (Å²) in [6, 6.07) is 1.91. The molecule has 0 radical (unpaired) electrons. The predicted octanol–water partition coefficient (Wildman–Crippen LogP) is 1.64. The Morgan fingerprint density at radius 3 is 3.00 bits per heavy atom. The van der Waals surface area contributed by atoms with E-state index in [0.29, 0.717) is 0 Å². The Kier molecular flexibility index (Phi) is 2.17. The molecule has 0 aromatic carbocycles. The number of hydrogen-bond acceptors (Lipinski definition) is 3. The third kappa shape index (κ3) is 1.80. The number of rotatable bonds is 1. The minimum Gasteiger partial charge on any atom is -0.292 e. The van der Waals surface area contributed by atoms with Crippen LogP contribution >= 0.6 is 0 Å². The third-order valence-electron chi connectivity index (χ3n) is 1.92. The fourth-order valence-electron chi connectivity index (χ4n) is 1.30. The Labute approximate surface area is 77.3 Å². The van der Waals surface area contributed by atoms with Crippen LogP contribution in [0, 0.1) is 6.92 Å². The minimum absolute atomic E-state index is 0.803. The van der Waals surface area contributed by atoms with E-state index in [1.165, 1.54) is 0 Å². The lowest BCUT2D eigenvalue weighted by Crippen LogP contribution is -1.98. The van der Waals surface area contributed by atoms with Gasteiger partial charge in [-0.1, -0.05) is 6.08 Å². The Hall–Kier alpha value is -1.51. The molecule has 2 rings (SSSR count). The van der Waals surface area contributed by atoms with Crippen LogP contribution in [-0.4, -0.2) is 22.7 Å². The molecule has 0 spiro atoms. The second-order valence-electron chi connectivity index (χ2n) is 2.97. The van der Waals surface area contributed by atoms with Crippen molar-refractivity contribution in [3.05, 3.63) is 29.9 Å². The maximum atomic E-state index is 4.33. The lowest BCUT2D eigenvalue weighted by Gasteiger charge is -2.05. The van der Waals surface area contributed by atoms with Crippen LogP contribution in [0.4, 0.5) is 0 Å². The summed E-state index contributed by atoms with van der Waals surface area (Å²) in [5.74, 6) is 0.803. The van der Waals surface area contributed by atoms with Crippen molar-refractivity contribution < 1.29 is 0 Å². The Morgan fingerprint density at radius 2 is 2.31 bits per heavy atom. The maximum absolute atomic E-state index is 4.33. The van der Waals surface area contributed by atoms with E-state index in [-0.39, 0.29) is 0 Å². The molecule has 2 heterocycles. The molecule has 0 unspecified atom stereocenters. The highest BCUT2D eigenvalue weighted by molar-refractivity contribution is 6.09. The van der Waals surface area contributed by atoms with E-state index >= 15 is 0 Å². The second-order valence-corrected chi connectivity index (χ2v) is 2.97. The molecule has 0 amide bonds. The van der Waals surface area contributed by atoms with E-state index in [0.717, 1.165) is 30.1 Å². The Balaban J connectivity index is 2.35. The first-order chi connectivity index (χ1) is 6.36. The average molecular weight is 173 g/mol. The van der Waals surface area contributed by atoms with Gasteiger partial charge in [0.05, 0.1) is 5.69 Å². The topological polar surface area (TPSA) is 38.1 Å². The van der Waals surface area contributed by atoms with E-state index in [4.69, 9.17) is 0 Å². The van der Waals surface area contributed by atoms with Crippen LogP contribution in [0.3, 0.4) is 0 Å². The van der Waals surface area contributed by atoms with Gasteiger partial charge in [0.15, 0.2) is 0 Å². The molecule has 0 atom stereocenters. The Bertz CT molecular complexity index is 366. The van der Waals surface area contributed by atoms with Gasteiger partial charge in [0.25, 0.3) is 0 Å². The predicted molar refractivity (Wildman–Crippen MR) is 52.7 cm³/mol. The molecule has 0 aliphatic carbocycles. The van der Waals surface area contributed by atoms with Gasteiger partial charge in [0, 0.05) is 24.5 Å². The van der Waals surface area contributed by atoms with Crippen molar-refractivity contribution in [2.75, 3.05) is 6.54 Å². The zero-order valence-corrected chi connectivity index (χ0v) is 7.57. The molecule has 0 saturated carbocycles. The number of aromatic nitrogens is 2. The fraction of sp³-hybridized carbons (Fsp3) is 0.300. The van der Waals surface area contributed by atoms with Gasteiger partial charge >= 0.3 is 0 Å². The molecule has 1 aromatic rings. The van der Waals surface area contributed by atoms with Crippen molar-refractivity contribution in [2.24, 2.45) is 4.99 Å². The quantitative estimate of drug-likeness (QED) is 0.647. The number of aliphatic imine (C=N–C) groups is 1. The molecule has 0 bridgehead atoms. The number of dihydropyridines is 1. The van der Waals surface area contributed by atoms with Gasteiger partial charge in [-0.25, -0.2) is 9.97 Å². The molecule has 0 saturated heterocycles. The van der Waals surface area contributed by atoms with Gasteiger partial charge in [0.1, 0.15) is 5.82 Å². The molecule has 1 aromatic heterocycles. The minimum atomic E-state index is 0.803. The molecule has 0 N–H and O–H groups in total. The van der Waals surface area contributed by atoms with Gasteiger partial charge in [0.2, 0.25) is 0 Å². The van der Waals surface area contributed by atoms with Crippen LogP contribution in [0.25, 0.3) is 5.57 Å². The maximum Gasteiger partial charge on any atom is 0.125 e. The summed E-state index contributed by atoms with van der Waals surface area (Å²) < 4.78 is 0. The lowest BCUT2D eigenvalue weighted by molar-refractivity contribution is 0.995. The number of aryl methyl sites for hydroxylation is 1. The summed E-state index contributed by atoms with van der Waals surface area (Å²) in [5, 5.41) is 0. The smallest absolute Gasteiger partial charge is 0.125 e. The number of allylic oxidation sites excluding steroid dienone is 1. The van der Waals surface area contributed by atoms with Crippen LogP contribution in [0.5, 0.6) is 0 Å². The molecule has 0 fully saturated rings. The fourth-order valence-corrected chi connectivity index (χ4v) is 1.30. The van der Waals surface area contributed by atoms with Crippen LogP contribution in [0.2, 0.25) is 0 Å². The standard InChI is InChI=1S/C10H11N3/c1-8-12-6-4-10(13-8)9-3-2-5-11-7-9/h3-4,6-7H,2,5H2,1H3. The first kappa shape index (κ1) is 8.10. The van der Waals surface area contributed by atoms with Gasteiger partial charge in [-0.05, 0) is 19.4 Å². The van der Waals surface area contributed by atoms with Crippen molar-refractivity contribution in [3.8, 4) is 0 Å². The van der Waals surface area contributed by atoms with E-state index in [1.54, 1.807) is 6.20 Å². The average Bonchev–Trinajstić information content (AvgIpc) is 2.19. The van der Waals surface area contributed by atoms with Crippen LogP contribution in [0.15, 0.2) is 23.3 Å². The summed E-state index contributed by atoms with van der Waals surface area (Å²) in [6.07, 6.45) is 6.83. The summed E-state index contributed by atoms with van der Waals surface area (Å²) in [5.41, 5.74) is 2.08. The van der Waals surface area contributed by atoms with Gasteiger partial charge in [-0.2, -0.15) is 0 Å². The lowest BCUT2D eigenvalue weighted by atomic mass is 10.1. The van der Waals surface area contributed by atoms with Crippen molar-refractivity contribution in [1.82, 2.24) is 9.97 Å². The molecule has 13 heavy (non-hydrogen) atoms. The Morgan fingerprint density at radius 1 is 1.38 bits per heavy atom. The third-order valence-corrected chi connectivity index (χ3v) is 1.92. The van der Waals surface area contributed by atoms with Crippen LogP contribution < -0.4 is 0 Å². The highest BCUT2D eigenvalue weighted by Gasteiger charge is 2.03. The summed E-state index contributed by atoms with van der Waals surface area (Å²) in [4.78, 5) is 12.6. The number of nitrogens with zero attached hydrogens (tertiary/aromatic N) is 3. The van der Waals surface area contributed by atoms with E-state index in [1.807, 2.05) is 19.2 Å². The molecule has 66 valence electrons. The zero-order valence-electron chi connectivity index (χ0n) is 7.57. The van der Waals surface area contributed by atoms with Crippen LogP contribution in [-0.2, 0) is 0 Å². The van der Waals surface area contributed by atoms with Crippen molar-refractivity contribution in [1.29, 1.82) is 0 Å². The first-order valence-corrected chi connectivity index (χ1v) is 4.36. The van der Waals surface area contributed by atoms with Crippen molar-refractivity contribution in [2.45, 2.75) is 13.3 Å². The highest BCUT2D eigenvalue weighted by atomic mass is 14.9. The summed E-state index contributed by atoms with van der Waals surface area (Å²) in [7, 11) is 0. The zero-order chi connectivity index (χ0) is 9.10. The van der Waals surface area contributed by atoms with E-state index in [2.05, 4.69) is 21.0 Å².